The zero-order chi connectivity index (χ0) is 21.5. The number of carbonyl (C=O) groups is 3. The van der Waals surface area contributed by atoms with Crippen LogP contribution in [-0.2, 0) is 22.4 Å². The fourth-order valence-electron chi connectivity index (χ4n) is 5.28. The van der Waals surface area contributed by atoms with E-state index in [2.05, 4.69) is 31.3 Å². The molecule has 1 aliphatic carbocycles. The summed E-state index contributed by atoms with van der Waals surface area (Å²) in [5, 5.41) is 3.02. The number of nitrogens with one attached hydrogen (secondary N) is 1. The number of carbonyl (C=O) groups excluding carboxylic acids is 3. The number of likely N-dealkylation sites (tertiary alicyclic amines) is 1. The number of amides is 4. The van der Waals surface area contributed by atoms with Crippen molar-refractivity contribution in [2.75, 3.05) is 13.1 Å². The van der Waals surface area contributed by atoms with Gasteiger partial charge in [0.15, 0.2) is 0 Å². The van der Waals surface area contributed by atoms with Gasteiger partial charge in [0.2, 0.25) is 5.91 Å². The molecule has 6 heteroatoms. The first-order valence-electron chi connectivity index (χ1n) is 11.3. The van der Waals surface area contributed by atoms with Crippen molar-refractivity contribution in [3.8, 4) is 0 Å². The summed E-state index contributed by atoms with van der Waals surface area (Å²) < 4.78 is 0. The molecule has 2 saturated heterocycles. The van der Waals surface area contributed by atoms with Crippen LogP contribution in [0.4, 0.5) is 4.79 Å². The standard InChI is InChI=1S/C24H33N3O3/c1-16(2)8-9-21(28)26-12-10-19(11-13-26)24(3)22(29)27(23(30)25-24)20-14-17-6-4-5-7-18(17)15-20/h4-7,16,19-20H,8-15H2,1-3H3,(H,25,30)/t24-/m0/s1. The van der Waals surface area contributed by atoms with Crippen molar-refractivity contribution in [3.63, 3.8) is 0 Å². The van der Waals surface area contributed by atoms with Gasteiger partial charge in [0.05, 0.1) is 0 Å². The van der Waals surface area contributed by atoms with Crippen LogP contribution in [0.1, 0.15) is 57.6 Å². The highest BCUT2D eigenvalue weighted by Gasteiger charge is 2.55. The number of imide groups is 1. The summed E-state index contributed by atoms with van der Waals surface area (Å²) in [5.41, 5.74) is 1.58. The predicted molar refractivity (Wildman–Crippen MR) is 115 cm³/mol. The van der Waals surface area contributed by atoms with Crippen LogP contribution in [0, 0.1) is 11.8 Å². The molecule has 6 nitrogen and oxygen atoms in total. The molecule has 162 valence electrons. The Hall–Kier alpha value is -2.37. The molecule has 0 unspecified atom stereocenters. The van der Waals surface area contributed by atoms with Crippen molar-refractivity contribution in [1.29, 1.82) is 0 Å². The van der Waals surface area contributed by atoms with Crippen LogP contribution in [0.2, 0.25) is 0 Å². The lowest BCUT2D eigenvalue weighted by atomic mass is 9.78. The summed E-state index contributed by atoms with van der Waals surface area (Å²) in [4.78, 5) is 42.1. The molecular formula is C24H33N3O3. The minimum atomic E-state index is -0.876. The van der Waals surface area contributed by atoms with Crippen LogP contribution in [-0.4, -0.2) is 52.3 Å². The van der Waals surface area contributed by atoms with Crippen molar-refractivity contribution >= 4 is 17.8 Å². The van der Waals surface area contributed by atoms with Crippen LogP contribution in [0.5, 0.6) is 0 Å². The number of hydrogen-bond donors (Lipinski definition) is 1. The fraction of sp³-hybridized carbons (Fsp3) is 0.625. The maximum atomic E-state index is 13.4. The first-order chi connectivity index (χ1) is 14.3. The molecule has 0 aromatic heterocycles. The van der Waals surface area contributed by atoms with Crippen molar-refractivity contribution in [1.82, 2.24) is 15.1 Å². The highest BCUT2D eigenvalue weighted by Crippen LogP contribution is 2.36. The summed E-state index contributed by atoms with van der Waals surface area (Å²) in [7, 11) is 0. The summed E-state index contributed by atoms with van der Waals surface area (Å²) >= 11 is 0. The van der Waals surface area contributed by atoms with Gasteiger partial charge in [-0.1, -0.05) is 38.1 Å². The van der Waals surface area contributed by atoms with E-state index >= 15 is 0 Å². The summed E-state index contributed by atoms with van der Waals surface area (Å²) in [6, 6.07) is 7.81. The van der Waals surface area contributed by atoms with Crippen LogP contribution >= 0.6 is 0 Å². The van der Waals surface area contributed by atoms with Crippen LogP contribution in [0.3, 0.4) is 0 Å². The van der Waals surface area contributed by atoms with Crippen LogP contribution in [0.25, 0.3) is 0 Å². The summed E-state index contributed by atoms with van der Waals surface area (Å²) in [5.74, 6) is 0.677. The summed E-state index contributed by atoms with van der Waals surface area (Å²) in [6.45, 7) is 7.45. The zero-order valence-electron chi connectivity index (χ0n) is 18.3. The average molecular weight is 412 g/mol. The second kappa shape index (κ2) is 8.05. The molecule has 1 N–H and O–H groups in total. The SMILES string of the molecule is CC(C)CCC(=O)N1CCC([C@]2(C)NC(=O)N(C3Cc4ccccc4C3)C2=O)CC1. The first-order valence-corrected chi connectivity index (χ1v) is 11.3. The van der Waals surface area contributed by atoms with E-state index < -0.39 is 5.54 Å². The molecule has 3 aliphatic rings. The third-order valence-electron chi connectivity index (χ3n) is 7.24. The summed E-state index contributed by atoms with van der Waals surface area (Å²) in [6.07, 6.45) is 4.45. The molecule has 2 aliphatic heterocycles. The number of nitrogens with zero attached hydrogens (tertiary/aromatic N) is 2. The Morgan fingerprint density at radius 2 is 1.73 bits per heavy atom. The number of rotatable bonds is 5. The minimum Gasteiger partial charge on any atom is -0.343 e. The van der Waals surface area contributed by atoms with Crippen molar-refractivity contribution in [2.45, 2.75) is 70.9 Å². The highest BCUT2D eigenvalue weighted by molar-refractivity contribution is 6.07. The van der Waals surface area contributed by atoms with E-state index in [1.54, 1.807) is 0 Å². The largest absolute Gasteiger partial charge is 0.343 e. The van der Waals surface area contributed by atoms with Gasteiger partial charge in [0, 0.05) is 25.6 Å². The Morgan fingerprint density at radius 3 is 2.30 bits per heavy atom. The van der Waals surface area contributed by atoms with Gasteiger partial charge in [-0.05, 0) is 62.0 Å². The molecule has 0 bridgehead atoms. The molecule has 1 aromatic carbocycles. The van der Waals surface area contributed by atoms with E-state index in [1.165, 1.54) is 16.0 Å². The second-order valence-electron chi connectivity index (χ2n) is 9.73. The van der Waals surface area contributed by atoms with Gasteiger partial charge in [-0.2, -0.15) is 0 Å². The molecule has 4 rings (SSSR count). The van der Waals surface area contributed by atoms with E-state index in [9.17, 15) is 14.4 Å². The lowest BCUT2D eigenvalue weighted by molar-refractivity contribution is -0.136. The second-order valence-corrected chi connectivity index (χ2v) is 9.73. The third kappa shape index (κ3) is 3.72. The maximum absolute atomic E-state index is 13.4. The Morgan fingerprint density at radius 1 is 1.13 bits per heavy atom. The van der Waals surface area contributed by atoms with E-state index in [0.29, 0.717) is 25.4 Å². The van der Waals surface area contributed by atoms with E-state index in [1.807, 2.05) is 24.0 Å². The Kier molecular flexibility index (Phi) is 5.60. The van der Waals surface area contributed by atoms with Gasteiger partial charge in [-0.3, -0.25) is 14.5 Å². The number of piperidine rings is 1. The smallest absolute Gasteiger partial charge is 0.325 e. The van der Waals surface area contributed by atoms with Gasteiger partial charge < -0.3 is 10.2 Å². The number of fused-ring (bicyclic) bond motifs is 1. The van der Waals surface area contributed by atoms with Gasteiger partial charge in [0.1, 0.15) is 5.54 Å². The van der Waals surface area contributed by atoms with E-state index in [-0.39, 0.29) is 29.8 Å². The molecule has 1 atom stereocenters. The quantitative estimate of drug-likeness (QED) is 0.757. The van der Waals surface area contributed by atoms with Crippen molar-refractivity contribution < 1.29 is 14.4 Å². The topological polar surface area (TPSA) is 69.7 Å². The molecular weight excluding hydrogens is 378 g/mol. The number of hydrogen-bond acceptors (Lipinski definition) is 3. The fourth-order valence-corrected chi connectivity index (χ4v) is 5.28. The molecule has 2 fully saturated rings. The monoisotopic (exact) mass is 411 g/mol. The van der Waals surface area contributed by atoms with E-state index in [4.69, 9.17) is 0 Å². The van der Waals surface area contributed by atoms with Crippen molar-refractivity contribution in [3.05, 3.63) is 35.4 Å². The highest BCUT2D eigenvalue weighted by atomic mass is 16.2. The lowest BCUT2D eigenvalue weighted by Gasteiger charge is -2.39. The molecule has 1 aromatic rings. The molecule has 30 heavy (non-hydrogen) atoms. The first kappa shape index (κ1) is 20.9. The van der Waals surface area contributed by atoms with E-state index in [0.717, 1.165) is 32.1 Å². The number of urea groups is 1. The van der Waals surface area contributed by atoms with Crippen LogP contribution < -0.4 is 5.32 Å². The Bertz CT molecular complexity index is 819. The average Bonchev–Trinajstić information content (AvgIpc) is 3.24. The maximum Gasteiger partial charge on any atom is 0.325 e. The number of benzene rings is 1. The lowest BCUT2D eigenvalue weighted by Crippen LogP contribution is -2.55. The van der Waals surface area contributed by atoms with Crippen molar-refractivity contribution in [2.24, 2.45) is 11.8 Å². The Balaban J connectivity index is 1.39. The van der Waals surface area contributed by atoms with Gasteiger partial charge >= 0.3 is 6.03 Å². The van der Waals surface area contributed by atoms with Crippen LogP contribution in [0.15, 0.2) is 24.3 Å². The normalized spacial score (nSPS) is 25.2. The Labute approximate surface area is 179 Å². The molecule has 0 radical (unpaired) electrons. The van der Waals surface area contributed by atoms with Gasteiger partial charge in [-0.25, -0.2) is 4.79 Å². The molecule has 0 saturated carbocycles. The minimum absolute atomic E-state index is 0.0527. The third-order valence-corrected chi connectivity index (χ3v) is 7.24. The predicted octanol–water partition coefficient (Wildman–Crippen LogP) is 3.14. The zero-order valence-corrected chi connectivity index (χ0v) is 18.3. The van der Waals surface area contributed by atoms with Gasteiger partial charge in [-0.15, -0.1) is 0 Å². The molecule has 2 heterocycles. The van der Waals surface area contributed by atoms with Gasteiger partial charge in [0.25, 0.3) is 5.91 Å². The molecule has 4 amide bonds. The molecule has 0 spiro atoms.